The van der Waals surface area contributed by atoms with Crippen LogP contribution in [0.1, 0.15) is 16.7 Å². The lowest BCUT2D eigenvalue weighted by Crippen LogP contribution is -2.18. The molecule has 0 fully saturated rings. The topological polar surface area (TPSA) is 38.3 Å². The molecule has 0 radical (unpaired) electrons. The molecule has 0 bridgehead atoms. The average Bonchev–Trinajstić information content (AvgIpc) is 2.44. The lowest BCUT2D eigenvalue weighted by atomic mass is 10.1. The fraction of sp³-hybridized carbons (Fsp3) is 0.235. The highest BCUT2D eigenvalue weighted by Gasteiger charge is 2.06. The Balaban J connectivity index is 1.83. The van der Waals surface area contributed by atoms with E-state index in [0.29, 0.717) is 6.61 Å². The summed E-state index contributed by atoms with van der Waals surface area (Å²) in [6.07, 6.45) is 0. The highest BCUT2D eigenvalue weighted by molar-refractivity contribution is 9.10. The van der Waals surface area contributed by atoms with Crippen molar-refractivity contribution >= 4 is 27.5 Å². The van der Waals surface area contributed by atoms with Crippen molar-refractivity contribution in [1.82, 2.24) is 0 Å². The van der Waals surface area contributed by atoms with E-state index in [1.807, 2.05) is 43.3 Å². The monoisotopic (exact) mass is 347 g/mol. The van der Waals surface area contributed by atoms with Crippen LogP contribution in [0.3, 0.4) is 0 Å². The van der Waals surface area contributed by atoms with Crippen LogP contribution in [0.5, 0.6) is 0 Å². The number of ether oxygens (including phenoxy) is 1. The lowest BCUT2D eigenvalue weighted by molar-refractivity contribution is -0.121. The van der Waals surface area contributed by atoms with Crippen molar-refractivity contribution in [2.75, 3.05) is 11.9 Å². The molecular weight excluding hydrogens is 330 g/mol. The Hall–Kier alpha value is -1.65. The van der Waals surface area contributed by atoms with Gasteiger partial charge in [0, 0.05) is 4.47 Å². The summed E-state index contributed by atoms with van der Waals surface area (Å²) in [6.45, 7) is 4.58. The number of anilines is 1. The standard InChI is InChI=1S/C17H18BrNO2/c1-12-7-8-14(13(2)9-12)10-21-11-17(20)19-16-6-4-3-5-15(16)18/h3-9H,10-11H2,1-2H3,(H,19,20). The number of amides is 1. The molecule has 0 aromatic heterocycles. The minimum Gasteiger partial charge on any atom is -0.367 e. The Bertz CT molecular complexity index is 640. The maximum atomic E-state index is 11.8. The van der Waals surface area contributed by atoms with Crippen LogP contribution in [-0.2, 0) is 16.1 Å². The molecule has 0 saturated heterocycles. The number of para-hydroxylation sites is 1. The van der Waals surface area contributed by atoms with Gasteiger partial charge in [-0.3, -0.25) is 4.79 Å². The summed E-state index contributed by atoms with van der Waals surface area (Å²) in [5.41, 5.74) is 4.26. The number of rotatable bonds is 5. The van der Waals surface area contributed by atoms with E-state index >= 15 is 0 Å². The number of benzene rings is 2. The summed E-state index contributed by atoms with van der Waals surface area (Å²) in [7, 11) is 0. The van der Waals surface area contributed by atoms with Gasteiger partial charge in [-0.1, -0.05) is 35.9 Å². The number of nitrogens with one attached hydrogen (secondary N) is 1. The first kappa shape index (κ1) is 15.7. The molecule has 2 aromatic rings. The number of carbonyl (C=O) groups excluding carboxylic acids is 1. The van der Waals surface area contributed by atoms with E-state index in [4.69, 9.17) is 4.74 Å². The summed E-state index contributed by atoms with van der Waals surface area (Å²) in [4.78, 5) is 11.8. The molecule has 0 aliphatic rings. The minimum atomic E-state index is -0.160. The van der Waals surface area contributed by atoms with E-state index in [-0.39, 0.29) is 12.5 Å². The van der Waals surface area contributed by atoms with Crippen molar-refractivity contribution in [3.8, 4) is 0 Å². The van der Waals surface area contributed by atoms with E-state index in [1.54, 1.807) is 0 Å². The fourth-order valence-electron chi connectivity index (χ4n) is 2.01. The first-order valence-corrected chi connectivity index (χ1v) is 7.54. The van der Waals surface area contributed by atoms with Gasteiger partial charge in [0.05, 0.1) is 12.3 Å². The van der Waals surface area contributed by atoms with Gasteiger partial charge >= 0.3 is 0 Å². The van der Waals surface area contributed by atoms with Crippen LogP contribution in [0.4, 0.5) is 5.69 Å². The average molecular weight is 348 g/mol. The van der Waals surface area contributed by atoms with Gasteiger partial charge in [0.15, 0.2) is 0 Å². The number of aryl methyl sites for hydroxylation is 2. The quantitative estimate of drug-likeness (QED) is 0.879. The van der Waals surface area contributed by atoms with Crippen molar-refractivity contribution in [2.45, 2.75) is 20.5 Å². The van der Waals surface area contributed by atoms with Gasteiger partial charge in [-0.2, -0.15) is 0 Å². The van der Waals surface area contributed by atoms with Crippen LogP contribution in [0.15, 0.2) is 46.9 Å². The largest absolute Gasteiger partial charge is 0.367 e. The van der Waals surface area contributed by atoms with Crippen LogP contribution in [0, 0.1) is 13.8 Å². The molecule has 110 valence electrons. The second-order valence-corrected chi connectivity index (χ2v) is 5.81. The predicted molar refractivity (Wildman–Crippen MR) is 88.3 cm³/mol. The smallest absolute Gasteiger partial charge is 0.250 e. The summed E-state index contributed by atoms with van der Waals surface area (Å²) in [5.74, 6) is -0.160. The zero-order valence-electron chi connectivity index (χ0n) is 12.2. The zero-order chi connectivity index (χ0) is 15.2. The second kappa shape index (κ2) is 7.38. The Morgan fingerprint density at radius 2 is 1.95 bits per heavy atom. The molecule has 1 N–H and O–H groups in total. The highest BCUT2D eigenvalue weighted by atomic mass is 79.9. The third-order valence-corrected chi connectivity index (χ3v) is 3.83. The predicted octanol–water partition coefficient (Wildman–Crippen LogP) is 4.22. The number of halogens is 1. The SMILES string of the molecule is Cc1ccc(COCC(=O)Nc2ccccc2Br)c(C)c1. The van der Waals surface area contributed by atoms with E-state index in [0.717, 1.165) is 15.7 Å². The van der Waals surface area contributed by atoms with E-state index in [1.165, 1.54) is 11.1 Å². The Kier molecular flexibility index (Phi) is 5.53. The Morgan fingerprint density at radius 1 is 1.19 bits per heavy atom. The molecule has 0 heterocycles. The first-order chi connectivity index (χ1) is 10.1. The van der Waals surface area contributed by atoms with Crippen molar-refractivity contribution in [3.05, 3.63) is 63.6 Å². The molecule has 0 aliphatic carbocycles. The molecule has 2 aromatic carbocycles. The van der Waals surface area contributed by atoms with Crippen molar-refractivity contribution in [1.29, 1.82) is 0 Å². The van der Waals surface area contributed by atoms with E-state index in [2.05, 4.69) is 34.2 Å². The summed E-state index contributed by atoms with van der Waals surface area (Å²) >= 11 is 3.39. The van der Waals surface area contributed by atoms with E-state index in [9.17, 15) is 4.79 Å². The van der Waals surface area contributed by atoms with Gasteiger partial charge in [0.1, 0.15) is 6.61 Å². The normalized spacial score (nSPS) is 10.4. The molecule has 2 rings (SSSR count). The fourth-order valence-corrected chi connectivity index (χ4v) is 2.39. The Morgan fingerprint density at radius 3 is 2.67 bits per heavy atom. The second-order valence-electron chi connectivity index (χ2n) is 4.95. The highest BCUT2D eigenvalue weighted by Crippen LogP contribution is 2.21. The molecule has 0 spiro atoms. The van der Waals surface area contributed by atoms with Crippen LogP contribution < -0.4 is 5.32 Å². The van der Waals surface area contributed by atoms with Gasteiger partial charge in [-0.25, -0.2) is 0 Å². The Labute approximate surface area is 133 Å². The molecule has 0 aliphatic heterocycles. The number of carbonyl (C=O) groups is 1. The maximum Gasteiger partial charge on any atom is 0.250 e. The van der Waals surface area contributed by atoms with E-state index < -0.39 is 0 Å². The molecule has 3 nitrogen and oxygen atoms in total. The zero-order valence-corrected chi connectivity index (χ0v) is 13.7. The number of hydrogen-bond acceptors (Lipinski definition) is 2. The third kappa shape index (κ3) is 4.69. The third-order valence-electron chi connectivity index (χ3n) is 3.14. The minimum absolute atomic E-state index is 0.0364. The molecular formula is C17H18BrNO2. The summed E-state index contributed by atoms with van der Waals surface area (Å²) < 4.78 is 6.34. The molecule has 4 heteroatoms. The molecule has 0 unspecified atom stereocenters. The van der Waals surface area contributed by atoms with Crippen LogP contribution in [0.25, 0.3) is 0 Å². The van der Waals surface area contributed by atoms with Crippen molar-refractivity contribution in [2.24, 2.45) is 0 Å². The van der Waals surface area contributed by atoms with Gasteiger partial charge in [-0.05, 0) is 53.0 Å². The van der Waals surface area contributed by atoms with Crippen molar-refractivity contribution in [3.63, 3.8) is 0 Å². The van der Waals surface area contributed by atoms with Gasteiger partial charge < -0.3 is 10.1 Å². The number of hydrogen-bond donors (Lipinski definition) is 1. The van der Waals surface area contributed by atoms with Gasteiger partial charge in [0.25, 0.3) is 0 Å². The molecule has 0 saturated carbocycles. The molecule has 0 atom stereocenters. The van der Waals surface area contributed by atoms with Gasteiger partial charge in [0.2, 0.25) is 5.91 Å². The molecule has 21 heavy (non-hydrogen) atoms. The van der Waals surface area contributed by atoms with Gasteiger partial charge in [-0.15, -0.1) is 0 Å². The van der Waals surface area contributed by atoms with Crippen molar-refractivity contribution < 1.29 is 9.53 Å². The maximum absolute atomic E-state index is 11.8. The van der Waals surface area contributed by atoms with Crippen LogP contribution in [0.2, 0.25) is 0 Å². The van der Waals surface area contributed by atoms with Crippen LogP contribution in [-0.4, -0.2) is 12.5 Å². The van der Waals surface area contributed by atoms with Crippen LogP contribution >= 0.6 is 15.9 Å². The lowest BCUT2D eigenvalue weighted by Gasteiger charge is -2.09. The molecule has 1 amide bonds. The first-order valence-electron chi connectivity index (χ1n) is 6.74. The summed E-state index contributed by atoms with van der Waals surface area (Å²) in [6, 6.07) is 13.7. The summed E-state index contributed by atoms with van der Waals surface area (Å²) in [5, 5.41) is 2.81.